The smallest absolute Gasteiger partial charge is 0.437 e. The van der Waals surface area contributed by atoms with Gasteiger partial charge in [0.15, 0.2) is 5.78 Å². The Balaban J connectivity index is 2.23. The van der Waals surface area contributed by atoms with Gasteiger partial charge in [0.2, 0.25) is 5.72 Å². The number of nitrogens with one attached hydrogen (secondary N) is 2. The second-order valence-electron chi connectivity index (χ2n) is 6.80. The zero-order valence-electron chi connectivity index (χ0n) is 16.3. The van der Waals surface area contributed by atoms with Crippen LogP contribution in [0.4, 0.5) is 22.4 Å². The van der Waals surface area contributed by atoms with Crippen molar-refractivity contribution in [3.8, 4) is 11.5 Å². The van der Waals surface area contributed by atoms with Gasteiger partial charge in [-0.3, -0.25) is 4.79 Å². The van der Waals surface area contributed by atoms with E-state index in [-0.39, 0.29) is 22.6 Å². The molecule has 0 radical (unpaired) electrons. The van der Waals surface area contributed by atoms with E-state index in [2.05, 4.69) is 5.32 Å². The lowest BCUT2D eigenvalue weighted by Gasteiger charge is -2.45. The number of carbonyl (C=O) groups excluding carboxylic acids is 2. The first-order valence-corrected chi connectivity index (χ1v) is 8.91. The topological polar surface area (TPSA) is 96.9 Å². The van der Waals surface area contributed by atoms with E-state index in [0.29, 0.717) is 0 Å². The maximum Gasteiger partial charge on any atom is 0.437 e. The molecule has 3 atom stereocenters. The minimum Gasteiger partial charge on any atom is -0.497 e. The predicted octanol–water partition coefficient (Wildman–Crippen LogP) is 2.95. The SMILES string of the molecule is COc1ccc(OC)c([C@@H]2NC(=O)N[C@](O)(C(F)(F)F)[C@@H]2C(=O)c2ccc(F)cc2)c1. The van der Waals surface area contributed by atoms with Crippen LogP contribution < -0.4 is 20.1 Å². The number of carbonyl (C=O) groups is 2. The molecule has 3 rings (SSSR count). The summed E-state index contributed by atoms with van der Waals surface area (Å²) in [4.78, 5) is 25.3. The number of halogens is 4. The van der Waals surface area contributed by atoms with Gasteiger partial charge < -0.3 is 25.2 Å². The highest BCUT2D eigenvalue weighted by Gasteiger charge is 2.66. The van der Waals surface area contributed by atoms with Crippen molar-refractivity contribution in [2.75, 3.05) is 14.2 Å². The molecular weight excluding hydrogens is 424 g/mol. The molecule has 1 aliphatic rings. The molecule has 1 heterocycles. The highest BCUT2D eigenvalue weighted by Crippen LogP contribution is 2.46. The number of aliphatic hydroxyl groups is 1. The number of alkyl halides is 3. The first kappa shape index (κ1) is 22.3. The standard InChI is InChI=1S/C20H18F4N2O5/c1-30-12-7-8-14(31-2)13(9-12)16-15(17(27)10-3-5-11(21)6-4-10)19(29,20(22,23)24)26-18(28)25-16/h3-9,15-16,29H,1-2H3,(H2,25,26,28)/t15-,16-,19+/m0/s1. The second kappa shape index (κ2) is 8.06. The average Bonchev–Trinajstić information content (AvgIpc) is 2.72. The van der Waals surface area contributed by atoms with Gasteiger partial charge >= 0.3 is 12.2 Å². The number of rotatable bonds is 5. The molecule has 2 aromatic rings. The molecule has 2 aromatic carbocycles. The van der Waals surface area contributed by atoms with E-state index in [1.807, 2.05) is 0 Å². The molecule has 166 valence electrons. The zero-order valence-corrected chi connectivity index (χ0v) is 16.3. The van der Waals surface area contributed by atoms with Crippen molar-refractivity contribution in [2.45, 2.75) is 17.9 Å². The van der Waals surface area contributed by atoms with E-state index in [1.54, 1.807) is 0 Å². The molecule has 0 aliphatic carbocycles. The summed E-state index contributed by atoms with van der Waals surface area (Å²) in [6, 6.07) is 4.91. The lowest BCUT2D eigenvalue weighted by Crippen LogP contribution is -2.72. The van der Waals surface area contributed by atoms with E-state index in [4.69, 9.17) is 9.47 Å². The number of ketones is 1. The Morgan fingerprint density at radius 2 is 1.74 bits per heavy atom. The molecule has 0 saturated carbocycles. The zero-order chi connectivity index (χ0) is 23.0. The Morgan fingerprint density at radius 3 is 2.29 bits per heavy atom. The minimum absolute atomic E-state index is 0.0279. The number of ether oxygens (including phenoxy) is 2. The van der Waals surface area contributed by atoms with Gasteiger partial charge in [-0.1, -0.05) is 0 Å². The quantitative estimate of drug-likeness (QED) is 0.489. The third-order valence-corrected chi connectivity index (χ3v) is 4.99. The van der Waals surface area contributed by atoms with Crippen LogP contribution in [0.15, 0.2) is 42.5 Å². The molecule has 0 aromatic heterocycles. The van der Waals surface area contributed by atoms with Crippen molar-refractivity contribution in [1.29, 1.82) is 0 Å². The van der Waals surface area contributed by atoms with Crippen LogP contribution in [0.1, 0.15) is 22.0 Å². The first-order valence-electron chi connectivity index (χ1n) is 8.91. The Morgan fingerprint density at radius 1 is 1.10 bits per heavy atom. The Bertz CT molecular complexity index is 996. The summed E-state index contributed by atoms with van der Waals surface area (Å²) in [5.41, 5.74) is -4.24. The van der Waals surface area contributed by atoms with Crippen LogP contribution >= 0.6 is 0 Å². The van der Waals surface area contributed by atoms with Gasteiger partial charge in [0, 0.05) is 11.1 Å². The molecule has 0 unspecified atom stereocenters. The molecular formula is C20H18F4N2O5. The van der Waals surface area contributed by atoms with E-state index in [9.17, 15) is 32.3 Å². The lowest BCUT2D eigenvalue weighted by molar-refractivity contribution is -0.287. The fraction of sp³-hybridized carbons (Fsp3) is 0.300. The highest BCUT2D eigenvalue weighted by molar-refractivity contribution is 6.00. The maximum atomic E-state index is 13.9. The Labute approximate surface area is 174 Å². The summed E-state index contributed by atoms with van der Waals surface area (Å²) in [6.07, 6.45) is -5.42. The molecule has 1 saturated heterocycles. The largest absolute Gasteiger partial charge is 0.497 e. The van der Waals surface area contributed by atoms with E-state index >= 15 is 0 Å². The van der Waals surface area contributed by atoms with Crippen molar-refractivity contribution < 1.29 is 41.7 Å². The third kappa shape index (κ3) is 4.00. The monoisotopic (exact) mass is 442 g/mol. The van der Waals surface area contributed by atoms with Crippen molar-refractivity contribution >= 4 is 11.8 Å². The predicted molar refractivity (Wildman–Crippen MR) is 99.2 cm³/mol. The summed E-state index contributed by atoms with van der Waals surface area (Å²) >= 11 is 0. The van der Waals surface area contributed by atoms with E-state index < -0.39 is 41.5 Å². The molecule has 3 N–H and O–H groups in total. The van der Waals surface area contributed by atoms with Gasteiger partial charge in [0.25, 0.3) is 0 Å². The van der Waals surface area contributed by atoms with Crippen LogP contribution in [0.25, 0.3) is 0 Å². The average molecular weight is 442 g/mol. The van der Waals surface area contributed by atoms with Gasteiger partial charge in [0.1, 0.15) is 23.2 Å². The van der Waals surface area contributed by atoms with Gasteiger partial charge in [-0.05, 0) is 42.5 Å². The van der Waals surface area contributed by atoms with Crippen LogP contribution in [-0.4, -0.2) is 43.0 Å². The minimum atomic E-state index is -5.42. The van der Waals surface area contributed by atoms with Crippen LogP contribution in [-0.2, 0) is 0 Å². The molecule has 1 fully saturated rings. The number of methoxy groups -OCH3 is 2. The highest BCUT2D eigenvalue weighted by atomic mass is 19.4. The summed E-state index contributed by atoms with van der Waals surface area (Å²) in [5, 5.41) is 14.3. The summed E-state index contributed by atoms with van der Waals surface area (Å²) < 4.78 is 65.4. The van der Waals surface area contributed by atoms with Gasteiger partial charge in [0.05, 0.1) is 20.3 Å². The third-order valence-electron chi connectivity index (χ3n) is 4.99. The molecule has 2 amide bonds. The second-order valence-corrected chi connectivity index (χ2v) is 6.80. The number of urea groups is 1. The molecule has 0 bridgehead atoms. The number of Topliss-reactive ketones (excluding diaryl/α,β-unsaturated/α-hetero) is 1. The molecule has 11 heteroatoms. The van der Waals surface area contributed by atoms with Crippen LogP contribution in [0, 0.1) is 11.7 Å². The Kier molecular flexibility index (Phi) is 5.81. The van der Waals surface area contributed by atoms with Crippen molar-refractivity contribution in [3.63, 3.8) is 0 Å². The molecule has 31 heavy (non-hydrogen) atoms. The van der Waals surface area contributed by atoms with Crippen molar-refractivity contribution in [2.24, 2.45) is 5.92 Å². The van der Waals surface area contributed by atoms with Gasteiger partial charge in [-0.15, -0.1) is 0 Å². The molecule has 0 spiro atoms. The fourth-order valence-corrected chi connectivity index (χ4v) is 3.47. The van der Waals surface area contributed by atoms with Crippen molar-refractivity contribution in [3.05, 3.63) is 59.4 Å². The maximum absolute atomic E-state index is 13.9. The molecule has 7 nitrogen and oxygen atoms in total. The van der Waals surface area contributed by atoms with Crippen molar-refractivity contribution in [1.82, 2.24) is 10.6 Å². The Hall–Kier alpha value is -3.34. The summed E-state index contributed by atoms with van der Waals surface area (Å²) in [5.74, 6) is -3.90. The van der Waals surface area contributed by atoms with Gasteiger partial charge in [-0.25, -0.2) is 9.18 Å². The normalized spacial score (nSPS) is 23.5. The van der Waals surface area contributed by atoms with Crippen LogP contribution in [0.2, 0.25) is 0 Å². The van der Waals surface area contributed by atoms with E-state index in [0.717, 1.165) is 24.3 Å². The lowest BCUT2D eigenvalue weighted by atomic mass is 9.77. The van der Waals surface area contributed by atoms with Gasteiger partial charge in [-0.2, -0.15) is 13.2 Å². The number of amides is 2. The van der Waals surface area contributed by atoms with E-state index in [1.165, 1.54) is 37.7 Å². The van der Waals surface area contributed by atoms with Crippen LogP contribution in [0.5, 0.6) is 11.5 Å². The molecule has 1 aliphatic heterocycles. The number of hydrogen-bond donors (Lipinski definition) is 3. The fourth-order valence-electron chi connectivity index (χ4n) is 3.47. The van der Waals surface area contributed by atoms with Crippen LogP contribution in [0.3, 0.4) is 0 Å². The first-order chi connectivity index (χ1) is 14.5. The number of hydrogen-bond acceptors (Lipinski definition) is 5. The number of benzene rings is 2. The summed E-state index contributed by atoms with van der Waals surface area (Å²) in [6.45, 7) is 0. The summed E-state index contributed by atoms with van der Waals surface area (Å²) in [7, 11) is 2.57.